The van der Waals surface area contributed by atoms with E-state index in [2.05, 4.69) is 55.8 Å². The lowest BCUT2D eigenvalue weighted by atomic mass is 9.70. The topological polar surface area (TPSA) is 62.1 Å². The quantitative estimate of drug-likeness (QED) is 0.572. The van der Waals surface area contributed by atoms with Gasteiger partial charge in [-0.15, -0.1) is 0 Å². The number of fused-ring (bicyclic) bond motifs is 4. The molecule has 0 amide bonds. The number of nitrogens with zero attached hydrogens (tertiary/aromatic N) is 1. The molecule has 0 atom stereocenters. The van der Waals surface area contributed by atoms with E-state index in [1.165, 1.54) is 31.5 Å². The molecule has 31 heavy (non-hydrogen) atoms. The van der Waals surface area contributed by atoms with Gasteiger partial charge in [-0.2, -0.15) is 0 Å². The van der Waals surface area contributed by atoms with E-state index >= 15 is 0 Å². The third kappa shape index (κ3) is 3.28. The number of carbonyl (C=O) groups excluding carboxylic acids is 1. The summed E-state index contributed by atoms with van der Waals surface area (Å²) in [7, 11) is 0. The molecule has 0 saturated carbocycles. The van der Waals surface area contributed by atoms with Crippen molar-refractivity contribution in [3.05, 3.63) is 64.3 Å². The molecule has 3 N–H and O–H groups in total. The van der Waals surface area contributed by atoms with Gasteiger partial charge >= 0.3 is 0 Å². The number of aromatic nitrogens is 1. The van der Waals surface area contributed by atoms with Crippen molar-refractivity contribution in [2.75, 3.05) is 18.8 Å². The SMILES string of the molecule is CC(C)N1CCC(Cc2ccc3c(c2)C(=O)c2c([nH]c4cc(N)ccc24)C3(C)C)CC1. The maximum Gasteiger partial charge on any atom is 0.195 e. The van der Waals surface area contributed by atoms with Crippen LogP contribution in [0, 0.1) is 5.92 Å². The maximum absolute atomic E-state index is 13.7. The van der Waals surface area contributed by atoms with Gasteiger partial charge in [-0.1, -0.05) is 32.0 Å². The molecule has 2 aliphatic rings. The van der Waals surface area contributed by atoms with Crippen LogP contribution in [-0.2, 0) is 11.8 Å². The van der Waals surface area contributed by atoms with Crippen molar-refractivity contribution in [1.29, 1.82) is 0 Å². The predicted octanol–water partition coefficient (Wildman–Crippen LogP) is 5.28. The van der Waals surface area contributed by atoms with E-state index in [1.807, 2.05) is 18.2 Å². The van der Waals surface area contributed by atoms with Crippen LogP contribution in [0.3, 0.4) is 0 Å². The van der Waals surface area contributed by atoms with E-state index in [9.17, 15) is 4.79 Å². The van der Waals surface area contributed by atoms with Gasteiger partial charge in [0, 0.05) is 39.3 Å². The van der Waals surface area contributed by atoms with Gasteiger partial charge in [-0.25, -0.2) is 0 Å². The number of piperidine rings is 1. The minimum absolute atomic E-state index is 0.136. The molecule has 1 fully saturated rings. The Morgan fingerprint density at radius 3 is 2.58 bits per heavy atom. The Kier molecular flexibility index (Phi) is 4.74. The smallest absolute Gasteiger partial charge is 0.195 e. The van der Waals surface area contributed by atoms with Gasteiger partial charge in [0.2, 0.25) is 0 Å². The molecule has 0 unspecified atom stereocenters. The molecule has 4 heteroatoms. The van der Waals surface area contributed by atoms with Crippen LogP contribution in [0.4, 0.5) is 5.69 Å². The monoisotopic (exact) mass is 415 g/mol. The number of ketones is 1. The van der Waals surface area contributed by atoms with E-state index < -0.39 is 0 Å². The van der Waals surface area contributed by atoms with Crippen molar-refractivity contribution in [3.8, 4) is 0 Å². The van der Waals surface area contributed by atoms with Crippen molar-refractivity contribution in [3.63, 3.8) is 0 Å². The molecule has 1 aromatic heterocycles. The lowest BCUT2D eigenvalue weighted by Crippen LogP contribution is -2.38. The van der Waals surface area contributed by atoms with Crippen LogP contribution in [0.25, 0.3) is 10.9 Å². The largest absolute Gasteiger partial charge is 0.399 e. The third-order valence-corrected chi connectivity index (χ3v) is 7.58. The number of carbonyl (C=O) groups is 1. The molecule has 0 radical (unpaired) electrons. The average Bonchev–Trinajstić information content (AvgIpc) is 3.12. The van der Waals surface area contributed by atoms with Crippen LogP contribution >= 0.6 is 0 Å². The average molecular weight is 416 g/mol. The molecule has 162 valence electrons. The fraction of sp³-hybridized carbons (Fsp3) is 0.444. The van der Waals surface area contributed by atoms with Crippen LogP contribution in [0.1, 0.15) is 73.3 Å². The fourth-order valence-corrected chi connectivity index (χ4v) is 5.65. The van der Waals surface area contributed by atoms with Crippen LogP contribution in [0.5, 0.6) is 0 Å². The van der Waals surface area contributed by atoms with Gasteiger partial charge in [0.05, 0.1) is 5.56 Å². The van der Waals surface area contributed by atoms with Gasteiger partial charge in [0.15, 0.2) is 5.78 Å². The van der Waals surface area contributed by atoms with Crippen molar-refractivity contribution in [2.24, 2.45) is 5.92 Å². The summed E-state index contributed by atoms with van der Waals surface area (Å²) in [5, 5.41) is 0.972. The standard InChI is InChI=1S/C27H33N3O/c1-16(2)30-11-9-17(10-12-30)13-18-5-8-22-21(14-18)25(31)24-20-7-6-19(28)15-23(20)29-26(24)27(22,3)4/h5-8,14-17,29H,9-13,28H2,1-4H3. The molecule has 1 aliphatic heterocycles. The zero-order valence-corrected chi connectivity index (χ0v) is 19.1. The summed E-state index contributed by atoms with van der Waals surface area (Å²) in [5.74, 6) is 0.836. The Balaban J connectivity index is 1.48. The Labute approximate surface area is 184 Å². The van der Waals surface area contributed by atoms with Crippen molar-refractivity contribution in [2.45, 2.75) is 58.4 Å². The van der Waals surface area contributed by atoms with E-state index in [-0.39, 0.29) is 11.2 Å². The highest BCUT2D eigenvalue weighted by Gasteiger charge is 2.39. The summed E-state index contributed by atoms with van der Waals surface area (Å²) in [4.78, 5) is 19.7. The van der Waals surface area contributed by atoms with Gasteiger partial charge in [0.25, 0.3) is 0 Å². The molecule has 3 aromatic rings. The second kappa shape index (κ2) is 7.23. The minimum Gasteiger partial charge on any atom is -0.399 e. The first kappa shape index (κ1) is 20.3. The first-order chi connectivity index (χ1) is 14.8. The number of nitrogens with one attached hydrogen (secondary N) is 1. The zero-order chi connectivity index (χ0) is 21.9. The minimum atomic E-state index is -0.256. The normalized spacial score (nSPS) is 19.1. The Bertz CT molecular complexity index is 1160. The van der Waals surface area contributed by atoms with Crippen LogP contribution in [-0.4, -0.2) is 34.8 Å². The number of aromatic amines is 1. The second-order valence-electron chi connectivity index (χ2n) is 10.3. The lowest BCUT2D eigenvalue weighted by Gasteiger charge is -2.35. The number of H-pyrrole nitrogens is 1. The molecule has 4 nitrogen and oxygen atoms in total. The highest BCUT2D eigenvalue weighted by atomic mass is 16.1. The molecule has 5 rings (SSSR count). The van der Waals surface area contributed by atoms with Gasteiger partial charge in [-0.3, -0.25) is 4.79 Å². The van der Waals surface area contributed by atoms with Gasteiger partial charge in [-0.05, 0) is 81.4 Å². The zero-order valence-electron chi connectivity index (χ0n) is 19.1. The van der Waals surface area contributed by atoms with Crippen molar-refractivity contribution in [1.82, 2.24) is 9.88 Å². The first-order valence-electron chi connectivity index (χ1n) is 11.6. The summed E-state index contributed by atoms with van der Waals surface area (Å²) in [5.41, 5.74) is 12.5. The van der Waals surface area contributed by atoms with Gasteiger partial charge < -0.3 is 15.6 Å². The molecular formula is C27H33N3O. The third-order valence-electron chi connectivity index (χ3n) is 7.58. The highest BCUT2D eigenvalue weighted by molar-refractivity contribution is 6.20. The number of hydrogen-bond acceptors (Lipinski definition) is 3. The van der Waals surface area contributed by atoms with Gasteiger partial charge in [0.1, 0.15) is 0 Å². The van der Waals surface area contributed by atoms with Crippen LogP contribution < -0.4 is 5.73 Å². The molecule has 2 aromatic carbocycles. The Morgan fingerprint density at radius 1 is 1.13 bits per heavy atom. The van der Waals surface area contributed by atoms with Crippen molar-refractivity contribution < 1.29 is 4.79 Å². The molecular weight excluding hydrogens is 382 g/mol. The number of benzene rings is 2. The Morgan fingerprint density at radius 2 is 1.87 bits per heavy atom. The molecule has 1 aliphatic carbocycles. The molecule has 2 heterocycles. The fourth-order valence-electron chi connectivity index (χ4n) is 5.65. The first-order valence-corrected chi connectivity index (χ1v) is 11.6. The number of nitrogen functional groups attached to an aromatic ring is 1. The molecule has 0 bridgehead atoms. The summed E-state index contributed by atoms with van der Waals surface area (Å²) in [6.45, 7) is 11.3. The molecule has 0 spiro atoms. The van der Waals surface area contributed by atoms with E-state index in [1.54, 1.807) is 0 Å². The summed E-state index contributed by atoms with van der Waals surface area (Å²) >= 11 is 0. The maximum atomic E-state index is 13.7. The lowest BCUT2D eigenvalue weighted by molar-refractivity contribution is 0.103. The van der Waals surface area contributed by atoms with E-state index in [4.69, 9.17) is 5.73 Å². The highest BCUT2D eigenvalue weighted by Crippen LogP contribution is 2.44. The number of likely N-dealkylation sites (tertiary alicyclic amines) is 1. The number of rotatable bonds is 3. The second-order valence-corrected chi connectivity index (χ2v) is 10.3. The van der Waals surface area contributed by atoms with Crippen LogP contribution in [0.2, 0.25) is 0 Å². The van der Waals surface area contributed by atoms with Crippen LogP contribution in [0.15, 0.2) is 36.4 Å². The summed E-state index contributed by atoms with van der Waals surface area (Å²) < 4.78 is 0. The summed E-state index contributed by atoms with van der Waals surface area (Å²) in [6.07, 6.45) is 3.54. The van der Waals surface area contributed by atoms with E-state index in [0.717, 1.165) is 39.7 Å². The predicted molar refractivity (Wildman–Crippen MR) is 128 cm³/mol. The number of hydrogen-bond donors (Lipinski definition) is 2. The summed E-state index contributed by atoms with van der Waals surface area (Å²) in [6, 6.07) is 13.0. The molecule has 1 saturated heterocycles. The van der Waals surface area contributed by atoms with E-state index in [0.29, 0.717) is 17.6 Å². The number of anilines is 1. The Hall–Kier alpha value is -2.59. The number of nitrogens with two attached hydrogens (primary N) is 1. The van der Waals surface area contributed by atoms with Crippen molar-refractivity contribution >= 4 is 22.4 Å².